The molecule has 1 atom stereocenters. The number of likely N-dealkylation sites (tertiary alicyclic amines) is 1. The number of aromatic amines is 2. The Bertz CT molecular complexity index is 1070. The van der Waals surface area contributed by atoms with Gasteiger partial charge in [0.25, 0.3) is 5.56 Å². The first kappa shape index (κ1) is 19.0. The molecule has 2 aromatic heterocycles. The van der Waals surface area contributed by atoms with Crippen LogP contribution < -0.4 is 5.56 Å². The van der Waals surface area contributed by atoms with Crippen molar-refractivity contribution >= 4 is 5.91 Å². The average molecular weight is 395 g/mol. The van der Waals surface area contributed by atoms with E-state index in [1.165, 1.54) is 18.3 Å². The standard InChI is InChI=1S/C21H22FN5O2/c1-13-23-10-16(21(29)25-13)9-19(28)27-8-2-3-15(12-27)20-18(11-24-26-20)14-4-6-17(22)7-5-14/h4-7,10-11,15H,2-3,8-9,12H2,1H3,(H,24,26)(H,23,25,29). The minimum absolute atomic E-state index is 0.0309. The van der Waals surface area contributed by atoms with Crippen LogP contribution in [0.4, 0.5) is 4.39 Å². The Kier molecular flexibility index (Phi) is 5.24. The third-order valence-corrected chi connectivity index (χ3v) is 5.35. The highest BCUT2D eigenvalue weighted by atomic mass is 19.1. The minimum atomic E-state index is -0.284. The van der Waals surface area contributed by atoms with E-state index in [2.05, 4.69) is 20.2 Å². The maximum absolute atomic E-state index is 13.3. The number of halogens is 1. The number of H-pyrrole nitrogens is 2. The smallest absolute Gasteiger partial charge is 0.254 e. The van der Waals surface area contributed by atoms with Gasteiger partial charge in [-0.25, -0.2) is 9.37 Å². The van der Waals surface area contributed by atoms with Crippen LogP contribution in [0.25, 0.3) is 11.1 Å². The van der Waals surface area contributed by atoms with Crippen molar-refractivity contribution in [3.05, 3.63) is 69.9 Å². The lowest BCUT2D eigenvalue weighted by atomic mass is 9.90. The Hall–Kier alpha value is -3.29. The molecule has 0 saturated carbocycles. The van der Waals surface area contributed by atoms with Gasteiger partial charge in [0.2, 0.25) is 5.91 Å². The van der Waals surface area contributed by atoms with Crippen molar-refractivity contribution in [3.63, 3.8) is 0 Å². The summed E-state index contributed by atoms with van der Waals surface area (Å²) in [4.78, 5) is 33.3. The number of amides is 1. The van der Waals surface area contributed by atoms with Gasteiger partial charge in [-0.1, -0.05) is 12.1 Å². The lowest BCUT2D eigenvalue weighted by Gasteiger charge is -2.32. The quantitative estimate of drug-likeness (QED) is 0.710. The Morgan fingerprint density at radius 2 is 2.07 bits per heavy atom. The number of carbonyl (C=O) groups excluding carboxylic acids is 1. The molecule has 0 bridgehead atoms. The molecule has 2 N–H and O–H groups in total. The zero-order valence-electron chi connectivity index (χ0n) is 16.1. The number of hydrogen-bond donors (Lipinski definition) is 2. The molecule has 0 aliphatic carbocycles. The molecule has 0 spiro atoms. The molecule has 29 heavy (non-hydrogen) atoms. The van der Waals surface area contributed by atoms with Gasteiger partial charge in [0.05, 0.1) is 12.6 Å². The van der Waals surface area contributed by atoms with Crippen LogP contribution in [0.2, 0.25) is 0 Å². The van der Waals surface area contributed by atoms with Crippen molar-refractivity contribution < 1.29 is 9.18 Å². The summed E-state index contributed by atoms with van der Waals surface area (Å²) in [6, 6.07) is 6.31. The molecular weight excluding hydrogens is 373 g/mol. The van der Waals surface area contributed by atoms with Gasteiger partial charge in [0.1, 0.15) is 11.6 Å². The Balaban J connectivity index is 1.50. The molecule has 4 rings (SSSR count). The number of benzene rings is 1. The highest BCUT2D eigenvalue weighted by molar-refractivity contribution is 5.79. The summed E-state index contributed by atoms with van der Waals surface area (Å²) in [5.74, 6) is 0.254. The zero-order chi connectivity index (χ0) is 20.4. The van der Waals surface area contributed by atoms with Gasteiger partial charge in [-0.3, -0.25) is 14.7 Å². The number of piperidine rings is 1. The Morgan fingerprint density at radius 1 is 1.28 bits per heavy atom. The second-order valence-corrected chi connectivity index (χ2v) is 7.38. The number of aryl methyl sites for hydroxylation is 1. The summed E-state index contributed by atoms with van der Waals surface area (Å²) < 4.78 is 13.3. The molecule has 1 amide bonds. The number of carbonyl (C=O) groups is 1. The van der Waals surface area contributed by atoms with Crippen LogP contribution in [0.1, 0.15) is 35.8 Å². The molecule has 1 aliphatic rings. The first-order valence-corrected chi connectivity index (χ1v) is 9.63. The van der Waals surface area contributed by atoms with E-state index in [1.54, 1.807) is 30.2 Å². The number of hydrogen-bond acceptors (Lipinski definition) is 4. The first-order valence-electron chi connectivity index (χ1n) is 9.63. The maximum Gasteiger partial charge on any atom is 0.254 e. The molecule has 150 valence electrons. The van der Waals surface area contributed by atoms with E-state index >= 15 is 0 Å². The fourth-order valence-electron chi connectivity index (χ4n) is 3.82. The van der Waals surface area contributed by atoms with E-state index in [-0.39, 0.29) is 29.6 Å². The fourth-order valence-corrected chi connectivity index (χ4v) is 3.82. The zero-order valence-corrected chi connectivity index (χ0v) is 16.1. The Morgan fingerprint density at radius 3 is 2.83 bits per heavy atom. The fraction of sp³-hybridized carbons (Fsp3) is 0.333. The third-order valence-electron chi connectivity index (χ3n) is 5.35. The lowest BCUT2D eigenvalue weighted by molar-refractivity contribution is -0.131. The summed E-state index contributed by atoms with van der Waals surface area (Å²) in [5, 5.41) is 7.24. The monoisotopic (exact) mass is 395 g/mol. The first-order chi connectivity index (χ1) is 14.0. The van der Waals surface area contributed by atoms with E-state index < -0.39 is 0 Å². The average Bonchev–Trinajstić information content (AvgIpc) is 3.20. The van der Waals surface area contributed by atoms with Crippen molar-refractivity contribution in [1.29, 1.82) is 0 Å². The largest absolute Gasteiger partial charge is 0.342 e. The summed E-state index contributed by atoms with van der Waals surface area (Å²) >= 11 is 0. The summed E-state index contributed by atoms with van der Waals surface area (Å²) in [6.07, 6.45) is 5.02. The molecule has 3 aromatic rings. The molecule has 1 fully saturated rings. The van der Waals surface area contributed by atoms with Crippen LogP contribution in [0.3, 0.4) is 0 Å². The number of nitrogens with zero attached hydrogens (tertiary/aromatic N) is 3. The SMILES string of the molecule is Cc1ncc(CC(=O)N2CCCC(c3[nH]ncc3-c3ccc(F)cc3)C2)c(=O)[nH]1. The van der Waals surface area contributed by atoms with Gasteiger partial charge in [0, 0.05) is 42.0 Å². The predicted molar refractivity (Wildman–Crippen MR) is 106 cm³/mol. The molecular formula is C21H22FN5O2. The molecule has 3 heterocycles. The van der Waals surface area contributed by atoms with Crippen molar-refractivity contribution in [2.24, 2.45) is 0 Å². The topological polar surface area (TPSA) is 94.7 Å². The van der Waals surface area contributed by atoms with Crippen molar-refractivity contribution in [3.8, 4) is 11.1 Å². The van der Waals surface area contributed by atoms with Crippen molar-refractivity contribution in [2.45, 2.75) is 32.1 Å². The normalized spacial score (nSPS) is 16.8. The van der Waals surface area contributed by atoms with Crippen LogP contribution in [0.5, 0.6) is 0 Å². The van der Waals surface area contributed by atoms with E-state index in [0.29, 0.717) is 24.5 Å². The molecule has 8 heteroatoms. The van der Waals surface area contributed by atoms with Gasteiger partial charge in [-0.15, -0.1) is 0 Å². The summed E-state index contributed by atoms with van der Waals surface area (Å²) in [6.45, 7) is 2.91. The van der Waals surface area contributed by atoms with Gasteiger partial charge in [-0.05, 0) is 37.5 Å². The molecule has 1 unspecified atom stereocenters. The Labute approximate surface area is 167 Å². The van der Waals surface area contributed by atoms with E-state index in [0.717, 1.165) is 29.7 Å². The molecule has 1 aromatic carbocycles. The van der Waals surface area contributed by atoms with Crippen LogP contribution in [-0.4, -0.2) is 44.1 Å². The molecule has 1 aliphatic heterocycles. The van der Waals surface area contributed by atoms with E-state index in [1.807, 2.05) is 0 Å². The lowest BCUT2D eigenvalue weighted by Crippen LogP contribution is -2.40. The van der Waals surface area contributed by atoms with Gasteiger partial charge >= 0.3 is 0 Å². The van der Waals surface area contributed by atoms with Crippen molar-refractivity contribution in [2.75, 3.05) is 13.1 Å². The van der Waals surface area contributed by atoms with Gasteiger partial charge in [0.15, 0.2) is 0 Å². The van der Waals surface area contributed by atoms with E-state index in [4.69, 9.17) is 0 Å². The second kappa shape index (κ2) is 7.98. The van der Waals surface area contributed by atoms with Crippen LogP contribution in [0, 0.1) is 12.7 Å². The van der Waals surface area contributed by atoms with Gasteiger partial charge in [-0.2, -0.15) is 5.10 Å². The molecule has 7 nitrogen and oxygen atoms in total. The maximum atomic E-state index is 13.3. The summed E-state index contributed by atoms with van der Waals surface area (Å²) in [5.41, 5.74) is 2.85. The number of aromatic nitrogens is 4. The predicted octanol–water partition coefficient (Wildman–Crippen LogP) is 2.56. The van der Waals surface area contributed by atoms with Crippen LogP contribution in [0.15, 0.2) is 41.5 Å². The molecule has 1 saturated heterocycles. The third kappa shape index (κ3) is 4.11. The minimum Gasteiger partial charge on any atom is -0.342 e. The van der Waals surface area contributed by atoms with Crippen LogP contribution >= 0.6 is 0 Å². The van der Waals surface area contributed by atoms with Crippen LogP contribution in [-0.2, 0) is 11.2 Å². The highest BCUT2D eigenvalue weighted by Crippen LogP contribution is 2.33. The second-order valence-electron chi connectivity index (χ2n) is 7.38. The van der Waals surface area contributed by atoms with E-state index in [9.17, 15) is 14.0 Å². The number of nitrogens with one attached hydrogen (secondary N) is 2. The highest BCUT2D eigenvalue weighted by Gasteiger charge is 2.28. The van der Waals surface area contributed by atoms with Crippen molar-refractivity contribution in [1.82, 2.24) is 25.1 Å². The van der Waals surface area contributed by atoms with Gasteiger partial charge < -0.3 is 9.88 Å². The molecule has 0 radical (unpaired) electrons. The number of rotatable bonds is 4. The summed E-state index contributed by atoms with van der Waals surface area (Å²) in [7, 11) is 0.